The van der Waals surface area contributed by atoms with E-state index in [2.05, 4.69) is 0 Å². The van der Waals surface area contributed by atoms with E-state index in [1.54, 1.807) is 0 Å². The third-order valence-electron chi connectivity index (χ3n) is 2.66. The minimum absolute atomic E-state index is 0.0153. The second kappa shape index (κ2) is 5.22. The van der Waals surface area contributed by atoms with Crippen molar-refractivity contribution in [1.29, 1.82) is 0 Å². The Bertz CT molecular complexity index is 170. The first-order valence-electron chi connectivity index (χ1n) is 5.18. The van der Waals surface area contributed by atoms with E-state index < -0.39 is 0 Å². The van der Waals surface area contributed by atoms with Crippen LogP contribution >= 0.6 is 0 Å². The number of hydrogen-bond acceptors (Lipinski definition) is 3. The Hall–Kier alpha value is -0.570. The van der Waals surface area contributed by atoms with Gasteiger partial charge in [-0.25, -0.2) is 0 Å². The van der Waals surface area contributed by atoms with Crippen LogP contribution in [0.15, 0.2) is 0 Å². The minimum atomic E-state index is -0.100. The van der Waals surface area contributed by atoms with Gasteiger partial charge in [0.2, 0.25) is 0 Å². The third-order valence-corrected chi connectivity index (χ3v) is 2.66. The van der Waals surface area contributed by atoms with Crippen LogP contribution in [0.2, 0.25) is 0 Å². The van der Waals surface area contributed by atoms with Gasteiger partial charge in [-0.3, -0.25) is 4.79 Å². The van der Waals surface area contributed by atoms with E-state index in [4.69, 9.17) is 10.5 Å². The quantitative estimate of drug-likeness (QED) is 0.523. The van der Waals surface area contributed by atoms with Gasteiger partial charge < -0.3 is 10.5 Å². The molecule has 0 aromatic rings. The molecule has 3 heteroatoms. The summed E-state index contributed by atoms with van der Waals surface area (Å²) in [4.78, 5) is 11.5. The van der Waals surface area contributed by atoms with E-state index in [9.17, 15) is 4.79 Å². The van der Waals surface area contributed by atoms with E-state index in [1.165, 1.54) is 6.42 Å². The van der Waals surface area contributed by atoms with E-state index in [0.29, 0.717) is 6.61 Å². The standard InChI is InChI=1S/C10H19NO2/c1-2-13-10(12)8-6-4-3-5-7-9(8)11/h8-9H,2-7,11H2,1H3/t8-,9-/m1/s1. The molecule has 0 saturated heterocycles. The molecule has 3 nitrogen and oxygen atoms in total. The molecule has 1 fully saturated rings. The highest BCUT2D eigenvalue weighted by Gasteiger charge is 2.27. The lowest BCUT2D eigenvalue weighted by Gasteiger charge is -2.18. The Kier molecular flexibility index (Phi) is 4.22. The molecular weight excluding hydrogens is 166 g/mol. The summed E-state index contributed by atoms with van der Waals surface area (Å²) in [7, 11) is 0. The molecule has 2 N–H and O–H groups in total. The summed E-state index contributed by atoms with van der Waals surface area (Å²) >= 11 is 0. The van der Waals surface area contributed by atoms with Gasteiger partial charge in [0.25, 0.3) is 0 Å². The van der Waals surface area contributed by atoms with Crippen molar-refractivity contribution in [2.24, 2.45) is 11.7 Å². The highest BCUT2D eigenvalue weighted by molar-refractivity contribution is 5.73. The molecule has 1 aliphatic carbocycles. The van der Waals surface area contributed by atoms with E-state index in [1.807, 2.05) is 6.92 Å². The number of esters is 1. The van der Waals surface area contributed by atoms with Gasteiger partial charge in [-0.15, -0.1) is 0 Å². The third kappa shape index (κ3) is 2.99. The van der Waals surface area contributed by atoms with Gasteiger partial charge in [0, 0.05) is 6.04 Å². The van der Waals surface area contributed by atoms with Gasteiger partial charge in [0.1, 0.15) is 0 Å². The molecule has 0 unspecified atom stereocenters. The fourth-order valence-electron chi connectivity index (χ4n) is 1.88. The smallest absolute Gasteiger partial charge is 0.310 e. The zero-order valence-electron chi connectivity index (χ0n) is 8.29. The monoisotopic (exact) mass is 185 g/mol. The molecule has 1 saturated carbocycles. The van der Waals surface area contributed by atoms with Crippen LogP contribution in [-0.2, 0) is 9.53 Å². The molecule has 1 rings (SSSR count). The second-order valence-corrected chi connectivity index (χ2v) is 3.66. The molecule has 0 amide bonds. The maximum atomic E-state index is 11.5. The van der Waals surface area contributed by atoms with Crippen LogP contribution in [0.1, 0.15) is 39.0 Å². The van der Waals surface area contributed by atoms with Crippen molar-refractivity contribution in [1.82, 2.24) is 0 Å². The zero-order chi connectivity index (χ0) is 9.68. The van der Waals surface area contributed by atoms with Crippen molar-refractivity contribution in [3.8, 4) is 0 Å². The minimum Gasteiger partial charge on any atom is -0.466 e. The first kappa shape index (κ1) is 10.5. The fourth-order valence-corrected chi connectivity index (χ4v) is 1.88. The summed E-state index contributed by atoms with van der Waals surface area (Å²) in [5.74, 6) is -0.153. The SMILES string of the molecule is CCOC(=O)[C@@H]1CCCCC[C@H]1N. The molecule has 0 heterocycles. The normalized spacial score (nSPS) is 29.4. The number of carbonyl (C=O) groups excluding carboxylic acids is 1. The maximum Gasteiger partial charge on any atom is 0.310 e. The van der Waals surface area contributed by atoms with Crippen molar-refractivity contribution in [3.63, 3.8) is 0 Å². The predicted octanol–water partition coefficient (Wildman–Crippen LogP) is 1.46. The first-order chi connectivity index (χ1) is 6.25. The number of nitrogens with two attached hydrogens (primary N) is 1. The number of hydrogen-bond donors (Lipinski definition) is 1. The summed E-state index contributed by atoms with van der Waals surface area (Å²) in [5, 5.41) is 0. The van der Waals surface area contributed by atoms with Crippen molar-refractivity contribution in [2.75, 3.05) is 6.61 Å². The van der Waals surface area contributed by atoms with Crippen LogP contribution in [-0.4, -0.2) is 18.6 Å². The van der Waals surface area contributed by atoms with E-state index >= 15 is 0 Å². The van der Waals surface area contributed by atoms with Crippen LogP contribution in [0, 0.1) is 5.92 Å². The Morgan fingerprint density at radius 1 is 1.38 bits per heavy atom. The van der Waals surface area contributed by atoms with Crippen LogP contribution in [0.4, 0.5) is 0 Å². The van der Waals surface area contributed by atoms with Crippen LogP contribution in [0.3, 0.4) is 0 Å². The zero-order valence-corrected chi connectivity index (χ0v) is 8.29. The molecule has 2 atom stereocenters. The summed E-state index contributed by atoms with van der Waals surface area (Å²) < 4.78 is 4.99. The van der Waals surface area contributed by atoms with Gasteiger partial charge in [-0.2, -0.15) is 0 Å². The molecule has 0 aromatic carbocycles. The van der Waals surface area contributed by atoms with Crippen LogP contribution in [0.25, 0.3) is 0 Å². The van der Waals surface area contributed by atoms with Gasteiger partial charge >= 0.3 is 5.97 Å². The Balaban J connectivity index is 2.48. The van der Waals surface area contributed by atoms with Crippen molar-refractivity contribution in [3.05, 3.63) is 0 Å². The lowest BCUT2D eigenvalue weighted by Crippen LogP contribution is -2.35. The highest BCUT2D eigenvalue weighted by Crippen LogP contribution is 2.23. The van der Waals surface area contributed by atoms with Gasteiger partial charge in [0.15, 0.2) is 0 Å². The fraction of sp³-hybridized carbons (Fsp3) is 0.900. The molecule has 0 aromatic heterocycles. The maximum absolute atomic E-state index is 11.5. The molecule has 1 aliphatic rings. The molecule has 76 valence electrons. The molecular formula is C10H19NO2. The Morgan fingerprint density at radius 3 is 2.77 bits per heavy atom. The predicted molar refractivity (Wildman–Crippen MR) is 51.2 cm³/mol. The average molecular weight is 185 g/mol. The largest absolute Gasteiger partial charge is 0.466 e. The topological polar surface area (TPSA) is 52.3 Å². The van der Waals surface area contributed by atoms with Crippen molar-refractivity contribution >= 4 is 5.97 Å². The molecule has 0 bridgehead atoms. The number of ether oxygens (including phenoxy) is 1. The summed E-state index contributed by atoms with van der Waals surface area (Å²) in [6.07, 6.45) is 5.32. The summed E-state index contributed by atoms with van der Waals surface area (Å²) in [6.45, 7) is 2.29. The average Bonchev–Trinajstić information content (AvgIpc) is 2.30. The Labute approximate surface area is 79.6 Å². The lowest BCUT2D eigenvalue weighted by molar-refractivity contribution is -0.148. The molecule has 0 aliphatic heterocycles. The van der Waals surface area contributed by atoms with Crippen LogP contribution in [0.5, 0.6) is 0 Å². The van der Waals surface area contributed by atoms with Crippen molar-refractivity contribution in [2.45, 2.75) is 45.1 Å². The first-order valence-corrected chi connectivity index (χ1v) is 5.18. The van der Waals surface area contributed by atoms with Crippen molar-refractivity contribution < 1.29 is 9.53 Å². The second-order valence-electron chi connectivity index (χ2n) is 3.66. The summed E-state index contributed by atoms with van der Waals surface area (Å²) in [5.41, 5.74) is 5.91. The van der Waals surface area contributed by atoms with E-state index in [0.717, 1.165) is 25.7 Å². The summed E-state index contributed by atoms with van der Waals surface area (Å²) in [6, 6.07) is 0.0153. The number of carbonyl (C=O) groups is 1. The number of rotatable bonds is 2. The highest BCUT2D eigenvalue weighted by atomic mass is 16.5. The lowest BCUT2D eigenvalue weighted by atomic mass is 9.96. The van der Waals surface area contributed by atoms with Gasteiger partial charge in [-0.1, -0.05) is 19.3 Å². The molecule has 0 radical (unpaired) electrons. The molecule has 13 heavy (non-hydrogen) atoms. The Morgan fingerprint density at radius 2 is 2.08 bits per heavy atom. The van der Waals surface area contributed by atoms with Crippen LogP contribution < -0.4 is 5.73 Å². The van der Waals surface area contributed by atoms with Gasteiger partial charge in [-0.05, 0) is 19.8 Å². The molecule has 0 spiro atoms. The van der Waals surface area contributed by atoms with Gasteiger partial charge in [0.05, 0.1) is 12.5 Å². The van der Waals surface area contributed by atoms with E-state index in [-0.39, 0.29) is 17.9 Å².